The maximum absolute atomic E-state index is 13.0. The lowest BCUT2D eigenvalue weighted by Crippen LogP contribution is -2.01. The summed E-state index contributed by atoms with van der Waals surface area (Å²) >= 11 is 0. The maximum Gasteiger partial charge on any atom is 0.267 e. The second-order valence-corrected chi connectivity index (χ2v) is 4.14. The van der Waals surface area contributed by atoms with Gasteiger partial charge in [0, 0.05) is 30.2 Å². The van der Waals surface area contributed by atoms with Gasteiger partial charge in [0.15, 0.2) is 0 Å². The monoisotopic (exact) mass is 253 g/mol. The van der Waals surface area contributed by atoms with Crippen molar-refractivity contribution in [1.82, 2.24) is 19.7 Å². The molecule has 2 N–H and O–H groups in total. The fraction of sp³-hybridized carbons (Fsp3) is 0.364. The predicted molar refractivity (Wildman–Crippen MR) is 63.0 cm³/mol. The van der Waals surface area contributed by atoms with E-state index in [1.54, 1.807) is 0 Å². The smallest absolute Gasteiger partial charge is 0.267 e. The van der Waals surface area contributed by atoms with Crippen LogP contribution < -0.4 is 5.73 Å². The quantitative estimate of drug-likeness (QED) is 0.912. The van der Waals surface area contributed by atoms with Gasteiger partial charge in [0.05, 0.1) is 5.56 Å². The Bertz CT molecular complexity index is 533. The lowest BCUT2D eigenvalue weighted by atomic mass is 10.1. The van der Waals surface area contributed by atoms with Crippen molar-refractivity contribution >= 4 is 5.95 Å². The summed E-state index contributed by atoms with van der Waals surface area (Å²) < 4.78 is 27.4. The van der Waals surface area contributed by atoms with Crippen molar-refractivity contribution in [3.8, 4) is 11.3 Å². The number of anilines is 1. The summed E-state index contributed by atoms with van der Waals surface area (Å²) in [5, 5.41) is 4.15. The minimum absolute atomic E-state index is 0.00551. The lowest BCUT2D eigenvalue weighted by Gasteiger charge is -2.03. The van der Waals surface area contributed by atoms with Crippen LogP contribution in [0, 0.1) is 0 Å². The van der Waals surface area contributed by atoms with Gasteiger partial charge in [-0.15, -0.1) is 0 Å². The number of alkyl halides is 2. The molecule has 0 aliphatic carbocycles. The predicted octanol–water partition coefficient (Wildman–Crippen LogP) is 2.44. The minimum atomic E-state index is -2.59. The molecule has 2 aromatic rings. The number of aromatic nitrogens is 4. The van der Waals surface area contributed by atoms with Crippen LogP contribution in [0.25, 0.3) is 11.3 Å². The third-order valence-corrected chi connectivity index (χ3v) is 2.47. The van der Waals surface area contributed by atoms with Crippen molar-refractivity contribution in [1.29, 1.82) is 0 Å². The summed E-state index contributed by atoms with van der Waals surface area (Å²) in [6.07, 6.45) is 1.54. The molecule has 5 nitrogen and oxygen atoms in total. The molecule has 18 heavy (non-hydrogen) atoms. The summed E-state index contributed by atoms with van der Waals surface area (Å²) in [5.74, 6) is 0.0978. The van der Waals surface area contributed by atoms with E-state index >= 15 is 0 Å². The third-order valence-electron chi connectivity index (χ3n) is 2.47. The average Bonchev–Trinajstić information content (AvgIpc) is 2.75. The maximum atomic E-state index is 13.0. The van der Waals surface area contributed by atoms with Crippen molar-refractivity contribution in [3.05, 3.63) is 24.2 Å². The van der Waals surface area contributed by atoms with E-state index in [4.69, 9.17) is 5.73 Å². The van der Waals surface area contributed by atoms with Gasteiger partial charge in [0.1, 0.15) is 5.69 Å². The van der Waals surface area contributed by atoms with Crippen molar-refractivity contribution in [2.24, 2.45) is 0 Å². The number of nitrogens with zero attached hydrogens (tertiary/aromatic N) is 4. The van der Waals surface area contributed by atoms with Gasteiger partial charge in [0.25, 0.3) is 6.43 Å². The Morgan fingerprint density at radius 2 is 1.83 bits per heavy atom. The molecule has 0 amide bonds. The second kappa shape index (κ2) is 4.67. The lowest BCUT2D eigenvalue weighted by molar-refractivity contribution is 0.152. The Morgan fingerprint density at radius 1 is 1.22 bits per heavy atom. The van der Waals surface area contributed by atoms with E-state index in [9.17, 15) is 8.78 Å². The summed E-state index contributed by atoms with van der Waals surface area (Å²) in [6.45, 7) is 3.73. The van der Waals surface area contributed by atoms with Crippen LogP contribution in [-0.2, 0) is 0 Å². The molecule has 2 aromatic heterocycles. The molecule has 0 aliphatic heterocycles. The zero-order valence-electron chi connectivity index (χ0n) is 10.0. The van der Waals surface area contributed by atoms with Gasteiger partial charge in [0.2, 0.25) is 5.95 Å². The Morgan fingerprint density at radius 3 is 2.33 bits per heavy atom. The molecule has 0 saturated heterocycles. The van der Waals surface area contributed by atoms with Gasteiger partial charge in [-0.1, -0.05) is 0 Å². The molecule has 0 radical (unpaired) electrons. The first kappa shape index (κ1) is 12.4. The fourth-order valence-electron chi connectivity index (χ4n) is 1.51. The van der Waals surface area contributed by atoms with Gasteiger partial charge < -0.3 is 5.73 Å². The van der Waals surface area contributed by atoms with Crippen LogP contribution in [0.5, 0.6) is 0 Å². The van der Waals surface area contributed by atoms with Gasteiger partial charge in [-0.05, 0) is 13.8 Å². The normalized spacial score (nSPS) is 11.4. The molecular weight excluding hydrogens is 240 g/mol. The van der Waals surface area contributed by atoms with E-state index in [1.165, 1.54) is 23.3 Å². The van der Waals surface area contributed by atoms with Crippen LogP contribution in [0.15, 0.2) is 18.6 Å². The summed E-state index contributed by atoms with van der Waals surface area (Å²) in [5.41, 5.74) is 5.86. The molecule has 2 rings (SSSR count). The molecule has 0 atom stereocenters. The highest BCUT2D eigenvalue weighted by molar-refractivity contribution is 5.61. The highest BCUT2D eigenvalue weighted by Crippen LogP contribution is 2.30. The molecule has 0 unspecified atom stereocenters. The molecule has 0 fully saturated rings. The van der Waals surface area contributed by atoms with Crippen LogP contribution in [0.2, 0.25) is 0 Å². The largest absolute Gasteiger partial charge is 0.368 e. The molecule has 0 saturated carbocycles. The highest BCUT2D eigenvalue weighted by Gasteiger charge is 2.20. The van der Waals surface area contributed by atoms with Gasteiger partial charge in [-0.3, -0.25) is 4.68 Å². The minimum Gasteiger partial charge on any atom is -0.368 e. The van der Waals surface area contributed by atoms with Crippen LogP contribution in [0.1, 0.15) is 31.9 Å². The number of halogens is 2. The molecule has 96 valence electrons. The molecule has 7 heteroatoms. The number of hydrogen-bond acceptors (Lipinski definition) is 4. The molecule has 0 aliphatic rings. The van der Waals surface area contributed by atoms with Gasteiger partial charge in [-0.2, -0.15) is 5.10 Å². The Kier molecular flexibility index (Phi) is 3.22. The summed E-state index contributed by atoms with van der Waals surface area (Å²) in [7, 11) is 0. The second-order valence-electron chi connectivity index (χ2n) is 4.14. The molecule has 0 bridgehead atoms. The van der Waals surface area contributed by atoms with Crippen molar-refractivity contribution < 1.29 is 8.78 Å². The zero-order valence-corrected chi connectivity index (χ0v) is 10.0. The first-order chi connectivity index (χ1) is 8.49. The Balaban J connectivity index is 2.51. The van der Waals surface area contributed by atoms with Crippen LogP contribution >= 0.6 is 0 Å². The van der Waals surface area contributed by atoms with Crippen molar-refractivity contribution in [2.75, 3.05) is 5.73 Å². The number of hydrogen-bond donors (Lipinski definition) is 1. The third kappa shape index (κ3) is 2.29. The van der Waals surface area contributed by atoms with Crippen LogP contribution in [0.4, 0.5) is 14.7 Å². The number of rotatable bonds is 3. The van der Waals surface area contributed by atoms with E-state index in [2.05, 4.69) is 15.1 Å². The Labute approximate surface area is 103 Å². The van der Waals surface area contributed by atoms with Crippen molar-refractivity contribution in [3.63, 3.8) is 0 Å². The highest BCUT2D eigenvalue weighted by atomic mass is 19.3. The van der Waals surface area contributed by atoms with E-state index in [1.807, 2.05) is 13.8 Å². The molecule has 2 heterocycles. The summed E-state index contributed by atoms with van der Waals surface area (Å²) in [4.78, 5) is 7.57. The topological polar surface area (TPSA) is 69.6 Å². The van der Waals surface area contributed by atoms with Crippen LogP contribution in [0.3, 0.4) is 0 Å². The van der Waals surface area contributed by atoms with E-state index in [0.717, 1.165) is 0 Å². The first-order valence-corrected chi connectivity index (χ1v) is 5.44. The Hall–Kier alpha value is -2.05. The van der Waals surface area contributed by atoms with Crippen LogP contribution in [-0.4, -0.2) is 19.7 Å². The van der Waals surface area contributed by atoms with E-state index in [-0.39, 0.29) is 23.2 Å². The average molecular weight is 253 g/mol. The fourth-order valence-corrected chi connectivity index (χ4v) is 1.51. The first-order valence-electron chi connectivity index (χ1n) is 5.44. The van der Waals surface area contributed by atoms with Crippen molar-refractivity contribution in [2.45, 2.75) is 26.3 Å². The SMILES string of the molecule is CC(C)n1cc(C(F)F)c(-c2cnc(N)nc2)n1. The zero-order chi connectivity index (χ0) is 13.3. The summed E-state index contributed by atoms with van der Waals surface area (Å²) in [6, 6.07) is 0.00551. The number of nitrogens with two attached hydrogens (primary N) is 1. The number of nitrogen functional groups attached to an aromatic ring is 1. The van der Waals surface area contributed by atoms with E-state index < -0.39 is 6.43 Å². The van der Waals surface area contributed by atoms with E-state index in [0.29, 0.717) is 5.56 Å². The van der Waals surface area contributed by atoms with Gasteiger partial charge in [-0.25, -0.2) is 18.7 Å². The molecular formula is C11H13F2N5. The molecule has 0 spiro atoms. The van der Waals surface area contributed by atoms with Gasteiger partial charge >= 0.3 is 0 Å². The molecule has 0 aromatic carbocycles. The standard InChI is InChI=1S/C11H13F2N5/c1-6(2)18-5-8(10(12)13)9(17-18)7-3-15-11(14)16-4-7/h3-6,10H,1-2H3,(H2,14,15,16).